The van der Waals surface area contributed by atoms with Crippen molar-refractivity contribution < 1.29 is 4.42 Å². The molecule has 0 saturated carbocycles. The van der Waals surface area contributed by atoms with Gasteiger partial charge in [0.1, 0.15) is 5.58 Å². The minimum absolute atomic E-state index is 0.0358. The van der Waals surface area contributed by atoms with Crippen LogP contribution in [-0.4, -0.2) is 13.3 Å². The second kappa shape index (κ2) is 17.1. The van der Waals surface area contributed by atoms with Gasteiger partial charge >= 0.3 is 0 Å². The summed E-state index contributed by atoms with van der Waals surface area (Å²) >= 11 is 0. The minimum atomic E-state index is 0.0358. The predicted molar refractivity (Wildman–Crippen MR) is 247 cm³/mol. The third-order valence-electron chi connectivity index (χ3n) is 12.2. The molecular formula is C52H70BN2O. The van der Waals surface area contributed by atoms with E-state index in [4.69, 9.17) is 4.42 Å². The van der Waals surface area contributed by atoms with Crippen LogP contribution in [-0.2, 0) is 0 Å². The summed E-state index contributed by atoms with van der Waals surface area (Å²) in [4.78, 5) is 2.32. The van der Waals surface area contributed by atoms with Gasteiger partial charge in [-0.1, -0.05) is 157 Å². The van der Waals surface area contributed by atoms with E-state index in [-0.39, 0.29) is 22.3 Å². The Hall–Kier alpha value is -4.18. The molecular weight excluding hydrogens is 679 g/mol. The second-order valence-corrected chi connectivity index (χ2v) is 19.8. The van der Waals surface area contributed by atoms with Crippen LogP contribution in [0.1, 0.15) is 126 Å². The number of anilines is 1. The van der Waals surface area contributed by atoms with E-state index in [1.54, 1.807) is 6.08 Å². The van der Waals surface area contributed by atoms with E-state index in [1.165, 1.54) is 35.1 Å². The molecule has 1 heterocycles. The standard InChI is InChI=1S/C52H70BN2O/c1-16-18-19-20-27-53-47-43-32-41-34(3)22-23-35(4)42(41)33-46(43)56-49(47)55(40-24-25-44(51(10,11)12)45(31-40)52(13,14)15)39(21-17-2)26-28-54-48-36(5)29-38(30-37(48)6)50(7,8)9/h16-21,24-36,44-45,48,54H,1-2,22-23H2,3-15H3/b19-18-,27-20+,28-26+,39-21+. The summed E-state index contributed by atoms with van der Waals surface area (Å²) in [5.74, 6) is 4.94. The lowest BCUT2D eigenvalue weighted by Gasteiger charge is -2.44. The zero-order valence-corrected chi connectivity index (χ0v) is 37.0. The molecule has 0 bridgehead atoms. The van der Waals surface area contributed by atoms with Crippen molar-refractivity contribution >= 4 is 29.6 Å². The van der Waals surface area contributed by atoms with Crippen LogP contribution in [0.5, 0.6) is 0 Å². The van der Waals surface area contributed by atoms with Crippen molar-refractivity contribution in [3.05, 3.63) is 144 Å². The van der Waals surface area contributed by atoms with Crippen LogP contribution >= 0.6 is 0 Å². The quantitative estimate of drug-likeness (QED) is 0.183. The number of hydrogen-bond acceptors (Lipinski definition) is 3. The highest BCUT2D eigenvalue weighted by molar-refractivity contribution is 6.63. The maximum absolute atomic E-state index is 7.16. The van der Waals surface area contributed by atoms with E-state index >= 15 is 0 Å². The predicted octanol–water partition coefficient (Wildman–Crippen LogP) is 13.7. The first-order valence-electron chi connectivity index (χ1n) is 21.0. The van der Waals surface area contributed by atoms with Gasteiger partial charge in [0.15, 0.2) is 13.2 Å². The highest BCUT2D eigenvalue weighted by atomic mass is 16.4. The summed E-state index contributed by atoms with van der Waals surface area (Å²) < 4.78 is 7.16. The monoisotopic (exact) mass is 750 g/mol. The van der Waals surface area contributed by atoms with E-state index < -0.39 is 0 Å². The number of allylic oxidation sites excluding steroid dienone is 12. The van der Waals surface area contributed by atoms with Gasteiger partial charge < -0.3 is 9.73 Å². The Morgan fingerprint density at radius 1 is 0.857 bits per heavy atom. The molecule has 6 atom stereocenters. The molecule has 4 heteroatoms. The molecule has 56 heavy (non-hydrogen) atoms. The van der Waals surface area contributed by atoms with Gasteiger partial charge in [-0.2, -0.15) is 0 Å². The summed E-state index contributed by atoms with van der Waals surface area (Å²) in [5.41, 5.74) is 9.90. The molecule has 3 aliphatic rings. The molecule has 0 aliphatic heterocycles. The van der Waals surface area contributed by atoms with Gasteiger partial charge in [-0.05, 0) is 124 Å². The van der Waals surface area contributed by atoms with E-state index in [1.807, 2.05) is 18.2 Å². The van der Waals surface area contributed by atoms with Gasteiger partial charge in [0.2, 0.25) is 0 Å². The molecule has 3 aliphatic carbocycles. The van der Waals surface area contributed by atoms with Crippen LogP contribution in [0, 0.1) is 34.0 Å². The van der Waals surface area contributed by atoms with Gasteiger partial charge in [-0.25, -0.2) is 0 Å². The molecule has 1 N–H and O–H groups in total. The fourth-order valence-corrected chi connectivity index (χ4v) is 8.84. The molecule has 1 aromatic heterocycles. The Bertz CT molecular complexity index is 2020. The van der Waals surface area contributed by atoms with Gasteiger partial charge in [0, 0.05) is 11.1 Å². The molecule has 3 nitrogen and oxygen atoms in total. The topological polar surface area (TPSA) is 28.4 Å². The zero-order valence-electron chi connectivity index (χ0n) is 37.0. The van der Waals surface area contributed by atoms with Crippen molar-refractivity contribution in [2.24, 2.45) is 34.0 Å². The van der Waals surface area contributed by atoms with Gasteiger partial charge in [0.05, 0.1) is 11.7 Å². The fourth-order valence-electron chi connectivity index (χ4n) is 8.84. The van der Waals surface area contributed by atoms with Crippen molar-refractivity contribution in [1.82, 2.24) is 5.32 Å². The van der Waals surface area contributed by atoms with Gasteiger partial charge in [0.25, 0.3) is 0 Å². The molecule has 0 fully saturated rings. The van der Waals surface area contributed by atoms with Crippen LogP contribution in [0.4, 0.5) is 5.88 Å². The lowest BCUT2D eigenvalue weighted by atomic mass is 9.62. The second-order valence-electron chi connectivity index (χ2n) is 19.8. The Labute approximate surface area is 341 Å². The third-order valence-corrected chi connectivity index (χ3v) is 12.2. The summed E-state index contributed by atoms with van der Waals surface area (Å²) in [6.45, 7) is 38.4. The average Bonchev–Trinajstić information content (AvgIpc) is 3.45. The largest absolute Gasteiger partial charge is 0.440 e. The van der Waals surface area contributed by atoms with Crippen molar-refractivity contribution in [2.75, 3.05) is 4.90 Å². The van der Waals surface area contributed by atoms with Crippen molar-refractivity contribution in [2.45, 2.75) is 121 Å². The molecule has 297 valence electrons. The van der Waals surface area contributed by atoms with Crippen molar-refractivity contribution in [3.8, 4) is 0 Å². The van der Waals surface area contributed by atoms with E-state index in [9.17, 15) is 0 Å². The first kappa shape index (κ1) is 43.0. The average molecular weight is 750 g/mol. The molecule has 1 aromatic carbocycles. The third kappa shape index (κ3) is 9.50. The van der Waals surface area contributed by atoms with Crippen LogP contribution < -0.4 is 15.7 Å². The molecule has 0 saturated heterocycles. The van der Waals surface area contributed by atoms with Gasteiger partial charge in [-0.3, -0.25) is 4.90 Å². The first-order chi connectivity index (χ1) is 26.3. The maximum Gasteiger partial charge on any atom is 0.199 e. The van der Waals surface area contributed by atoms with Gasteiger partial charge in [-0.15, -0.1) is 5.98 Å². The molecule has 0 amide bonds. The first-order valence-corrected chi connectivity index (χ1v) is 21.0. The number of benzene rings is 1. The molecule has 0 spiro atoms. The Kier molecular flexibility index (Phi) is 13.1. The highest BCUT2D eigenvalue weighted by Crippen LogP contribution is 2.47. The minimum Gasteiger partial charge on any atom is -0.440 e. The van der Waals surface area contributed by atoms with Crippen LogP contribution in [0.25, 0.3) is 11.0 Å². The Morgan fingerprint density at radius 2 is 1.52 bits per heavy atom. The van der Waals surface area contributed by atoms with E-state index in [2.05, 4.69) is 194 Å². The number of rotatable bonds is 11. The highest BCUT2D eigenvalue weighted by Gasteiger charge is 2.39. The number of fused-ring (bicyclic) bond motifs is 2. The lowest BCUT2D eigenvalue weighted by molar-refractivity contribution is 0.140. The maximum atomic E-state index is 7.16. The number of nitrogens with one attached hydrogen (secondary N) is 1. The fraction of sp³-hybridized carbons (Fsp3) is 0.462. The molecule has 5 rings (SSSR count). The van der Waals surface area contributed by atoms with Crippen LogP contribution in [0.2, 0.25) is 0 Å². The van der Waals surface area contributed by atoms with E-state index in [0.29, 0.717) is 29.6 Å². The van der Waals surface area contributed by atoms with Crippen molar-refractivity contribution in [3.63, 3.8) is 0 Å². The smallest absolute Gasteiger partial charge is 0.199 e. The summed E-state index contributed by atoms with van der Waals surface area (Å²) in [7, 11) is 2.21. The molecule has 1 radical (unpaired) electrons. The number of nitrogens with zero attached hydrogens (tertiary/aromatic N) is 1. The SMILES string of the molecule is C=C/C=C\C=C\[B]c1c(N(C2=CC(C(C)(C)C)C(C(C)(C)C)C=C2)C(/C=C/NC2C(C)=CC(C(C)(C)C)=CC2C)=C/C=C)oc2cc3c(cc12)C(C)CCC3C. The van der Waals surface area contributed by atoms with Crippen LogP contribution in [0.3, 0.4) is 0 Å². The molecule has 6 unspecified atom stereocenters. The summed E-state index contributed by atoms with van der Waals surface area (Å²) in [6, 6.07) is 4.94. The summed E-state index contributed by atoms with van der Waals surface area (Å²) in [6.07, 6.45) is 30.6. The normalized spacial score (nSPS) is 25.0. The zero-order chi connectivity index (χ0) is 41.2. The van der Waals surface area contributed by atoms with Crippen molar-refractivity contribution in [1.29, 1.82) is 0 Å². The molecule has 2 aromatic rings. The van der Waals surface area contributed by atoms with E-state index in [0.717, 1.165) is 33.7 Å². The lowest BCUT2D eigenvalue weighted by Crippen LogP contribution is -2.37. The number of hydrogen-bond donors (Lipinski definition) is 1. The van der Waals surface area contributed by atoms with Crippen LogP contribution in [0.15, 0.2) is 137 Å². The Balaban J connectivity index is 1.71. The Morgan fingerprint density at radius 3 is 2.11 bits per heavy atom. The number of furan rings is 1. The summed E-state index contributed by atoms with van der Waals surface area (Å²) in [5, 5.41) is 4.93.